The quantitative estimate of drug-likeness (QED) is 0.515. The number of ether oxygens (including phenoxy) is 1. The molecule has 1 amide bonds. The Morgan fingerprint density at radius 2 is 1.71 bits per heavy atom. The van der Waals surface area contributed by atoms with Crippen molar-refractivity contribution in [3.05, 3.63) is 24.3 Å². The zero-order chi connectivity index (χ0) is 20.2. The Balaban J connectivity index is 1.52. The molecule has 0 radical (unpaired) electrons. The van der Waals surface area contributed by atoms with Gasteiger partial charge in [0.25, 0.3) is 0 Å². The van der Waals surface area contributed by atoms with Crippen molar-refractivity contribution >= 4 is 15.9 Å². The van der Waals surface area contributed by atoms with E-state index in [1.807, 2.05) is 0 Å². The maximum Gasteiger partial charge on any atom is 0.240 e. The van der Waals surface area contributed by atoms with Gasteiger partial charge in [0.2, 0.25) is 15.9 Å². The third-order valence-electron chi connectivity index (χ3n) is 4.94. The van der Waals surface area contributed by atoms with E-state index in [0.29, 0.717) is 25.3 Å². The summed E-state index contributed by atoms with van der Waals surface area (Å²) in [6.07, 6.45) is 6.78. The fourth-order valence-electron chi connectivity index (χ4n) is 3.23. The van der Waals surface area contributed by atoms with Gasteiger partial charge in [-0.3, -0.25) is 4.79 Å². The van der Waals surface area contributed by atoms with Gasteiger partial charge >= 0.3 is 0 Å². The van der Waals surface area contributed by atoms with Crippen LogP contribution in [0.15, 0.2) is 29.2 Å². The first-order chi connectivity index (χ1) is 13.5. The third kappa shape index (κ3) is 8.16. The van der Waals surface area contributed by atoms with Crippen LogP contribution in [-0.2, 0) is 14.8 Å². The molecular weight excluding hydrogens is 378 g/mol. The summed E-state index contributed by atoms with van der Waals surface area (Å²) in [6, 6.07) is 6.31. The van der Waals surface area contributed by atoms with Crippen LogP contribution >= 0.6 is 0 Å². The summed E-state index contributed by atoms with van der Waals surface area (Å²) >= 11 is 0. The van der Waals surface area contributed by atoms with Crippen molar-refractivity contribution in [3.8, 4) is 5.75 Å². The van der Waals surface area contributed by atoms with Gasteiger partial charge < -0.3 is 15.0 Å². The third-order valence-corrected chi connectivity index (χ3v) is 6.42. The molecule has 1 aliphatic heterocycles. The van der Waals surface area contributed by atoms with Crippen LogP contribution in [0.4, 0.5) is 0 Å². The number of methoxy groups -OCH3 is 1. The predicted molar refractivity (Wildman–Crippen MR) is 110 cm³/mol. The average Bonchev–Trinajstić information content (AvgIpc) is 2.72. The molecule has 158 valence electrons. The molecule has 7 nitrogen and oxygen atoms in total. The molecule has 0 aromatic heterocycles. The monoisotopic (exact) mass is 411 g/mol. The van der Waals surface area contributed by atoms with E-state index in [4.69, 9.17) is 4.74 Å². The van der Waals surface area contributed by atoms with E-state index < -0.39 is 10.0 Å². The normalized spacial score (nSPS) is 15.3. The van der Waals surface area contributed by atoms with E-state index in [1.54, 1.807) is 19.2 Å². The average molecular weight is 412 g/mol. The largest absolute Gasteiger partial charge is 0.497 e. The molecule has 28 heavy (non-hydrogen) atoms. The lowest BCUT2D eigenvalue weighted by Gasteiger charge is -2.25. The van der Waals surface area contributed by atoms with Gasteiger partial charge in [0.05, 0.1) is 12.0 Å². The Morgan fingerprint density at radius 3 is 2.39 bits per heavy atom. The molecule has 0 bridgehead atoms. The molecule has 1 heterocycles. The molecule has 1 saturated heterocycles. The van der Waals surface area contributed by atoms with Crippen molar-refractivity contribution in [2.24, 2.45) is 0 Å². The zero-order valence-corrected chi connectivity index (χ0v) is 17.6. The molecular formula is C20H33N3O4S. The van der Waals surface area contributed by atoms with Gasteiger partial charge in [-0.1, -0.05) is 12.8 Å². The number of hydrogen-bond donors (Lipinski definition) is 2. The number of unbranched alkanes of at least 4 members (excludes halogenated alkanes) is 2. The lowest BCUT2D eigenvalue weighted by atomic mass is 10.1. The Morgan fingerprint density at radius 1 is 1.04 bits per heavy atom. The fraction of sp³-hybridized carbons (Fsp3) is 0.650. The van der Waals surface area contributed by atoms with Crippen molar-refractivity contribution in [1.29, 1.82) is 0 Å². The van der Waals surface area contributed by atoms with E-state index in [-0.39, 0.29) is 10.8 Å². The van der Waals surface area contributed by atoms with Crippen LogP contribution in [0.3, 0.4) is 0 Å². The van der Waals surface area contributed by atoms with Gasteiger partial charge in [0.1, 0.15) is 5.75 Å². The molecule has 0 spiro atoms. The molecule has 2 rings (SSSR count). The number of nitrogens with zero attached hydrogens (tertiary/aromatic N) is 1. The summed E-state index contributed by atoms with van der Waals surface area (Å²) in [4.78, 5) is 14.5. The van der Waals surface area contributed by atoms with Crippen LogP contribution < -0.4 is 14.8 Å². The topological polar surface area (TPSA) is 87.7 Å². The van der Waals surface area contributed by atoms with Gasteiger partial charge in [0.15, 0.2) is 0 Å². The summed E-state index contributed by atoms with van der Waals surface area (Å²) in [5, 5.41) is 2.95. The molecule has 8 heteroatoms. The van der Waals surface area contributed by atoms with Crippen LogP contribution in [0, 0.1) is 0 Å². The number of likely N-dealkylation sites (tertiary alicyclic amines) is 1. The van der Waals surface area contributed by atoms with Gasteiger partial charge in [-0.05, 0) is 63.0 Å². The highest BCUT2D eigenvalue weighted by molar-refractivity contribution is 7.89. The Bertz CT molecular complexity index is 686. The summed E-state index contributed by atoms with van der Waals surface area (Å²) in [5.74, 6) is 0.725. The molecule has 1 aromatic rings. The molecule has 0 atom stereocenters. The number of sulfonamides is 1. The number of nitrogens with one attached hydrogen (secondary N) is 2. The minimum atomic E-state index is -3.49. The maximum atomic E-state index is 12.2. The van der Waals surface area contributed by atoms with Gasteiger partial charge in [-0.2, -0.15) is 0 Å². The molecule has 1 aliphatic rings. The highest BCUT2D eigenvalue weighted by atomic mass is 32.2. The first-order valence-corrected chi connectivity index (χ1v) is 11.6. The van der Waals surface area contributed by atoms with Crippen LogP contribution in [0.2, 0.25) is 0 Å². The second-order valence-corrected chi connectivity index (χ2v) is 8.90. The predicted octanol–water partition coefficient (Wildman–Crippen LogP) is 2.14. The molecule has 0 saturated carbocycles. The molecule has 0 aliphatic carbocycles. The van der Waals surface area contributed by atoms with Crippen molar-refractivity contribution in [3.63, 3.8) is 0 Å². The van der Waals surface area contributed by atoms with Gasteiger partial charge in [0, 0.05) is 26.1 Å². The van der Waals surface area contributed by atoms with Crippen molar-refractivity contribution in [1.82, 2.24) is 14.9 Å². The van der Waals surface area contributed by atoms with Crippen molar-refractivity contribution in [2.45, 2.75) is 49.8 Å². The first kappa shape index (κ1) is 22.6. The SMILES string of the molecule is COc1ccc(S(=O)(=O)NCCCCCNC(=O)CCN2CCCCC2)cc1. The lowest BCUT2D eigenvalue weighted by molar-refractivity contribution is -0.121. The summed E-state index contributed by atoms with van der Waals surface area (Å²) in [7, 11) is -1.95. The Hall–Kier alpha value is -1.64. The second-order valence-electron chi connectivity index (χ2n) is 7.14. The van der Waals surface area contributed by atoms with Crippen LogP contribution in [-0.4, -0.2) is 59.1 Å². The van der Waals surface area contributed by atoms with E-state index in [2.05, 4.69) is 14.9 Å². The van der Waals surface area contributed by atoms with E-state index in [0.717, 1.165) is 38.9 Å². The number of hydrogen-bond acceptors (Lipinski definition) is 5. The van der Waals surface area contributed by atoms with E-state index >= 15 is 0 Å². The second kappa shape index (κ2) is 12.0. The number of rotatable bonds is 12. The lowest BCUT2D eigenvalue weighted by Crippen LogP contribution is -2.34. The summed E-state index contributed by atoms with van der Waals surface area (Å²) < 4.78 is 32.0. The molecule has 1 fully saturated rings. The number of piperidine rings is 1. The summed E-state index contributed by atoms with van der Waals surface area (Å²) in [6.45, 7) is 4.10. The standard InChI is InChI=1S/C20H33N3O4S/c1-27-18-8-10-19(11-9-18)28(25,26)22-14-5-2-4-13-21-20(24)12-17-23-15-6-3-7-16-23/h8-11,22H,2-7,12-17H2,1H3,(H,21,24). The van der Waals surface area contributed by atoms with Crippen molar-refractivity contribution < 1.29 is 17.9 Å². The zero-order valence-electron chi connectivity index (χ0n) is 16.8. The molecule has 2 N–H and O–H groups in total. The fourth-order valence-corrected chi connectivity index (χ4v) is 4.30. The van der Waals surface area contributed by atoms with Gasteiger partial charge in [-0.15, -0.1) is 0 Å². The van der Waals surface area contributed by atoms with Crippen molar-refractivity contribution in [2.75, 3.05) is 39.8 Å². The number of carbonyl (C=O) groups excluding carboxylic acids is 1. The number of amides is 1. The maximum absolute atomic E-state index is 12.2. The van der Waals surface area contributed by atoms with Gasteiger partial charge in [-0.25, -0.2) is 13.1 Å². The highest BCUT2D eigenvalue weighted by Gasteiger charge is 2.13. The number of benzene rings is 1. The number of carbonyl (C=O) groups is 1. The molecule has 1 aromatic carbocycles. The Kier molecular flexibility index (Phi) is 9.73. The van der Waals surface area contributed by atoms with E-state index in [9.17, 15) is 13.2 Å². The van der Waals surface area contributed by atoms with Crippen LogP contribution in [0.25, 0.3) is 0 Å². The Labute approximate surface area is 168 Å². The highest BCUT2D eigenvalue weighted by Crippen LogP contribution is 2.15. The minimum absolute atomic E-state index is 0.103. The smallest absolute Gasteiger partial charge is 0.240 e. The summed E-state index contributed by atoms with van der Waals surface area (Å²) in [5.41, 5.74) is 0. The van der Waals surface area contributed by atoms with Crippen LogP contribution in [0.5, 0.6) is 5.75 Å². The first-order valence-electron chi connectivity index (χ1n) is 10.1. The van der Waals surface area contributed by atoms with E-state index in [1.165, 1.54) is 31.4 Å². The minimum Gasteiger partial charge on any atom is -0.497 e. The van der Waals surface area contributed by atoms with Crippen LogP contribution in [0.1, 0.15) is 44.9 Å². The molecule has 0 unspecified atom stereocenters.